The summed E-state index contributed by atoms with van der Waals surface area (Å²) in [6.45, 7) is 12.8. The molecule has 0 aromatic heterocycles. The molecule has 0 spiro atoms. The Kier molecular flexibility index (Phi) is 8.18. The van der Waals surface area contributed by atoms with Crippen molar-refractivity contribution in [2.75, 3.05) is 19.7 Å². The number of hydrogen-bond donors (Lipinski definition) is 2. The summed E-state index contributed by atoms with van der Waals surface area (Å²) in [5, 5.41) is 6.34. The van der Waals surface area contributed by atoms with Gasteiger partial charge in [-0.15, -0.1) is 0 Å². The Morgan fingerprint density at radius 3 is 2.36 bits per heavy atom. The Labute approximate surface area is 135 Å². The van der Waals surface area contributed by atoms with Crippen molar-refractivity contribution >= 4 is 6.09 Å². The monoisotopic (exact) mass is 314 g/mol. The van der Waals surface area contributed by atoms with E-state index in [-0.39, 0.29) is 12.1 Å². The van der Waals surface area contributed by atoms with Gasteiger partial charge in [-0.05, 0) is 58.9 Å². The van der Waals surface area contributed by atoms with Crippen molar-refractivity contribution in [3.8, 4) is 0 Å². The fourth-order valence-corrected chi connectivity index (χ4v) is 2.54. The number of rotatable bonds is 7. The topological polar surface area (TPSA) is 59.6 Å². The van der Waals surface area contributed by atoms with Gasteiger partial charge >= 0.3 is 6.09 Å². The second-order valence-electron chi connectivity index (χ2n) is 7.59. The van der Waals surface area contributed by atoms with Gasteiger partial charge in [-0.2, -0.15) is 0 Å². The molecular formula is C17H34N2O3. The molecule has 0 bridgehead atoms. The van der Waals surface area contributed by atoms with Crippen molar-refractivity contribution in [3.63, 3.8) is 0 Å². The average Bonchev–Trinajstić information content (AvgIpc) is 2.37. The van der Waals surface area contributed by atoms with Gasteiger partial charge in [-0.1, -0.05) is 13.8 Å². The summed E-state index contributed by atoms with van der Waals surface area (Å²) in [4.78, 5) is 11.7. The first-order valence-corrected chi connectivity index (χ1v) is 8.58. The van der Waals surface area contributed by atoms with E-state index >= 15 is 0 Å². The van der Waals surface area contributed by atoms with Gasteiger partial charge in [0.15, 0.2) is 0 Å². The molecule has 0 aromatic carbocycles. The van der Waals surface area contributed by atoms with Gasteiger partial charge < -0.3 is 20.1 Å². The predicted octanol–water partition coefficient (Wildman–Crippen LogP) is 3.08. The first-order valence-electron chi connectivity index (χ1n) is 8.58. The highest BCUT2D eigenvalue weighted by atomic mass is 16.6. The zero-order valence-corrected chi connectivity index (χ0v) is 14.9. The molecular weight excluding hydrogens is 280 g/mol. The Morgan fingerprint density at radius 1 is 1.18 bits per heavy atom. The lowest BCUT2D eigenvalue weighted by molar-refractivity contribution is 0.0193. The summed E-state index contributed by atoms with van der Waals surface area (Å²) in [7, 11) is 0. The van der Waals surface area contributed by atoms with E-state index < -0.39 is 5.60 Å². The van der Waals surface area contributed by atoms with Gasteiger partial charge in [0.05, 0.1) is 12.7 Å². The van der Waals surface area contributed by atoms with E-state index in [1.807, 2.05) is 20.8 Å². The molecule has 1 saturated carbocycles. The van der Waals surface area contributed by atoms with Crippen molar-refractivity contribution in [3.05, 3.63) is 0 Å². The summed E-state index contributed by atoms with van der Waals surface area (Å²) in [6, 6.07) is 0.216. The molecule has 5 heteroatoms. The summed E-state index contributed by atoms with van der Waals surface area (Å²) in [5.74, 6) is 0.675. The Morgan fingerprint density at radius 2 is 1.82 bits per heavy atom. The van der Waals surface area contributed by atoms with Crippen LogP contribution in [0.3, 0.4) is 0 Å². The lowest BCUT2D eigenvalue weighted by Crippen LogP contribution is -2.42. The number of amides is 1. The second-order valence-corrected chi connectivity index (χ2v) is 7.59. The minimum atomic E-state index is -0.437. The summed E-state index contributed by atoms with van der Waals surface area (Å²) in [6.07, 6.45) is 3.95. The van der Waals surface area contributed by atoms with E-state index in [1.165, 1.54) is 0 Å². The largest absolute Gasteiger partial charge is 0.444 e. The molecule has 22 heavy (non-hydrogen) atoms. The number of hydrogen-bond acceptors (Lipinski definition) is 4. The number of nitrogens with one attached hydrogen (secondary N) is 2. The zero-order chi connectivity index (χ0) is 16.6. The Bertz CT molecular complexity index is 318. The van der Waals surface area contributed by atoms with Gasteiger partial charge in [-0.25, -0.2) is 4.79 Å². The van der Waals surface area contributed by atoms with Crippen molar-refractivity contribution in [2.45, 2.75) is 78.0 Å². The molecule has 0 aliphatic heterocycles. The van der Waals surface area contributed by atoms with Gasteiger partial charge in [0.2, 0.25) is 0 Å². The van der Waals surface area contributed by atoms with Crippen LogP contribution in [-0.2, 0) is 9.47 Å². The Balaban J connectivity index is 2.09. The number of alkyl carbamates (subject to hydrolysis) is 1. The third kappa shape index (κ3) is 9.26. The van der Waals surface area contributed by atoms with E-state index in [1.54, 1.807) is 0 Å². The molecule has 1 amide bonds. The van der Waals surface area contributed by atoms with Crippen LogP contribution in [0.25, 0.3) is 0 Å². The van der Waals surface area contributed by atoms with Crippen molar-refractivity contribution in [1.82, 2.24) is 10.6 Å². The second kappa shape index (κ2) is 9.36. The molecule has 0 unspecified atom stereocenters. The van der Waals surface area contributed by atoms with E-state index in [0.717, 1.165) is 45.4 Å². The van der Waals surface area contributed by atoms with E-state index in [0.29, 0.717) is 12.0 Å². The van der Waals surface area contributed by atoms with E-state index in [9.17, 15) is 4.79 Å². The molecule has 0 atom stereocenters. The highest BCUT2D eigenvalue weighted by molar-refractivity contribution is 5.68. The van der Waals surface area contributed by atoms with Crippen molar-refractivity contribution < 1.29 is 14.3 Å². The maximum Gasteiger partial charge on any atom is 0.407 e. The molecule has 0 radical (unpaired) electrons. The van der Waals surface area contributed by atoms with Crippen LogP contribution in [0.2, 0.25) is 0 Å². The molecule has 1 aliphatic carbocycles. The van der Waals surface area contributed by atoms with Crippen LogP contribution in [0.1, 0.15) is 60.3 Å². The smallest absolute Gasteiger partial charge is 0.407 e. The maximum absolute atomic E-state index is 11.7. The predicted molar refractivity (Wildman–Crippen MR) is 89.1 cm³/mol. The molecule has 0 saturated heterocycles. The number of carbonyl (C=O) groups is 1. The van der Waals surface area contributed by atoms with Crippen LogP contribution >= 0.6 is 0 Å². The minimum absolute atomic E-state index is 0.216. The molecule has 1 fully saturated rings. The van der Waals surface area contributed by atoms with Crippen LogP contribution in [0.4, 0.5) is 4.79 Å². The highest BCUT2D eigenvalue weighted by Crippen LogP contribution is 2.21. The van der Waals surface area contributed by atoms with Crippen LogP contribution in [0.15, 0.2) is 0 Å². The number of ether oxygens (including phenoxy) is 2. The average molecular weight is 314 g/mol. The van der Waals surface area contributed by atoms with E-state index in [4.69, 9.17) is 9.47 Å². The van der Waals surface area contributed by atoms with Crippen LogP contribution in [-0.4, -0.2) is 43.5 Å². The Hall–Kier alpha value is -0.810. The molecule has 2 N–H and O–H groups in total. The van der Waals surface area contributed by atoms with Gasteiger partial charge in [-0.3, -0.25) is 0 Å². The summed E-state index contributed by atoms with van der Waals surface area (Å²) < 4.78 is 11.2. The maximum atomic E-state index is 11.7. The fourth-order valence-electron chi connectivity index (χ4n) is 2.54. The summed E-state index contributed by atoms with van der Waals surface area (Å²) in [5.41, 5.74) is -0.437. The molecule has 0 aromatic rings. The first-order chi connectivity index (χ1) is 10.3. The highest BCUT2D eigenvalue weighted by Gasteiger charge is 2.24. The lowest BCUT2D eigenvalue weighted by atomic mass is 9.93. The van der Waals surface area contributed by atoms with Crippen molar-refractivity contribution in [2.24, 2.45) is 5.92 Å². The van der Waals surface area contributed by atoms with Crippen LogP contribution in [0, 0.1) is 5.92 Å². The quantitative estimate of drug-likeness (QED) is 0.709. The standard InChI is InChI=1S/C17H34N2O3/c1-13(2)12-18-10-11-21-15-8-6-14(7-9-15)19-16(20)22-17(3,4)5/h13-15,18H,6-12H2,1-5H3,(H,19,20). The number of carbonyl (C=O) groups excluding carboxylic acids is 1. The normalized spacial score (nSPS) is 22.6. The fraction of sp³-hybridized carbons (Fsp3) is 0.941. The van der Waals surface area contributed by atoms with Gasteiger partial charge in [0, 0.05) is 12.6 Å². The minimum Gasteiger partial charge on any atom is -0.444 e. The molecule has 1 rings (SSSR count). The zero-order valence-electron chi connectivity index (χ0n) is 14.9. The van der Waals surface area contributed by atoms with Gasteiger partial charge in [0.25, 0.3) is 0 Å². The first kappa shape index (κ1) is 19.2. The van der Waals surface area contributed by atoms with Crippen LogP contribution < -0.4 is 10.6 Å². The molecule has 1 aliphatic rings. The lowest BCUT2D eigenvalue weighted by Gasteiger charge is -2.30. The van der Waals surface area contributed by atoms with E-state index in [2.05, 4.69) is 24.5 Å². The van der Waals surface area contributed by atoms with Gasteiger partial charge in [0.1, 0.15) is 5.60 Å². The third-order valence-corrected chi connectivity index (χ3v) is 3.58. The summed E-state index contributed by atoms with van der Waals surface area (Å²) >= 11 is 0. The SMILES string of the molecule is CC(C)CNCCOC1CCC(NC(=O)OC(C)(C)C)CC1. The van der Waals surface area contributed by atoms with Crippen LogP contribution in [0.5, 0.6) is 0 Å². The molecule has 5 nitrogen and oxygen atoms in total. The molecule has 130 valence electrons. The third-order valence-electron chi connectivity index (χ3n) is 3.58. The molecule has 0 heterocycles. The van der Waals surface area contributed by atoms with Crippen molar-refractivity contribution in [1.29, 1.82) is 0 Å².